The molecule has 0 spiro atoms. The second-order valence-electron chi connectivity index (χ2n) is 6.60. The molecule has 6 heteroatoms. The average molecular weight is 371 g/mol. The predicted molar refractivity (Wildman–Crippen MR) is 98.2 cm³/mol. The Morgan fingerprint density at radius 1 is 1.27 bits per heavy atom. The molecule has 4 rings (SSSR count). The Kier molecular flexibility index (Phi) is 4.36. The van der Waals surface area contributed by atoms with Gasteiger partial charge in [0.15, 0.2) is 22.9 Å². The third kappa shape index (κ3) is 2.84. The molecule has 26 heavy (non-hydrogen) atoms. The van der Waals surface area contributed by atoms with Crippen LogP contribution in [0.25, 0.3) is 11.0 Å². The van der Waals surface area contributed by atoms with Crippen LogP contribution in [0.1, 0.15) is 38.6 Å². The molecule has 0 bridgehead atoms. The molecular formula is C20H18FNO3S. The Bertz CT molecular complexity index is 977. The molecule has 0 aliphatic carbocycles. The van der Waals surface area contributed by atoms with Crippen LogP contribution in [0, 0.1) is 18.7 Å². The number of furan rings is 1. The van der Waals surface area contributed by atoms with Gasteiger partial charge in [0.1, 0.15) is 0 Å². The molecule has 4 nitrogen and oxygen atoms in total. The lowest BCUT2D eigenvalue weighted by Gasteiger charge is -2.31. The number of carbonyl (C=O) groups is 2. The van der Waals surface area contributed by atoms with Crippen molar-refractivity contribution in [3.05, 3.63) is 57.7 Å². The van der Waals surface area contributed by atoms with Crippen LogP contribution in [0.15, 0.2) is 40.1 Å². The molecule has 1 unspecified atom stereocenters. The number of amides is 1. The van der Waals surface area contributed by atoms with E-state index in [9.17, 15) is 14.0 Å². The quantitative estimate of drug-likeness (QED) is 0.628. The zero-order valence-electron chi connectivity index (χ0n) is 14.3. The highest BCUT2D eigenvalue weighted by Gasteiger charge is 2.32. The molecule has 0 saturated carbocycles. The number of ketones is 1. The number of fused-ring (bicyclic) bond motifs is 1. The van der Waals surface area contributed by atoms with Gasteiger partial charge in [0.25, 0.3) is 5.91 Å². The van der Waals surface area contributed by atoms with Crippen molar-refractivity contribution in [2.45, 2.75) is 19.8 Å². The first-order chi connectivity index (χ1) is 12.6. The van der Waals surface area contributed by atoms with E-state index in [1.165, 1.54) is 17.4 Å². The number of hydrogen-bond donors (Lipinski definition) is 0. The van der Waals surface area contributed by atoms with Gasteiger partial charge in [0, 0.05) is 30.0 Å². The third-order valence-corrected chi connectivity index (χ3v) is 5.84. The fraction of sp³-hybridized carbons (Fsp3) is 0.300. The lowest BCUT2D eigenvalue weighted by atomic mass is 9.92. The minimum atomic E-state index is -0.478. The number of para-hydroxylation sites is 1. The largest absolute Gasteiger partial charge is 0.448 e. The van der Waals surface area contributed by atoms with Crippen molar-refractivity contribution in [1.29, 1.82) is 0 Å². The van der Waals surface area contributed by atoms with Crippen molar-refractivity contribution in [3.8, 4) is 0 Å². The van der Waals surface area contributed by atoms with Gasteiger partial charge in [-0.3, -0.25) is 9.59 Å². The number of likely N-dealkylation sites (tertiary alicyclic amines) is 1. The first-order valence-electron chi connectivity index (χ1n) is 8.61. The van der Waals surface area contributed by atoms with E-state index < -0.39 is 5.82 Å². The van der Waals surface area contributed by atoms with Crippen molar-refractivity contribution < 1.29 is 18.4 Å². The highest BCUT2D eigenvalue weighted by Crippen LogP contribution is 2.30. The summed E-state index contributed by atoms with van der Waals surface area (Å²) in [4.78, 5) is 28.0. The first-order valence-corrected chi connectivity index (χ1v) is 9.49. The molecule has 134 valence electrons. The molecule has 1 atom stereocenters. The maximum Gasteiger partial charge on any atom is 0.289 e. The summed E-state index contributed by atoms with van der Waals surface area (Å²) in [6, 6.07) is 8.34. The van der Waals surface area contributed by atoms with Crippen molar-refractivity contribution in [3.63, 3.8) is 0 Å². The summed E-state index contributed by atoms with van der Waals surface area (Å²) in [6.45, 7) is 2.71. The number of aryl methyl sites for hydroxylation is 1. The normalized spacial score (nSPS) is 17.6. The molecule has 0 N–H and O–H groups in total. The molecule has 3 aromatic rings. The topological polar surface area (TPSA) is 50.5 Å². The van der Waals surface area contributed by atoms with Gasteiger partial charge >= 0.3 is 0 Å². The molecule has 1 aromatic carbocycles. The van der Waals surface area contributed by atoms with Gasteiger partial charge in [0.2, 0.25) is 0 Å². The van der Waals surface area contributed by atoms with E-state index in [0.717, 1.165) is 17.7 Å². The second kappa shape index (κ2) is 6.68. The second-order valence-corrected chi connectivity index (χ2v) is 7.55. The molecular weight excluding hydrogens is 353 g/mol. The van der Waals surface area contributed by atoms with Crippen molar-refractivity contribution in [2.24, 2.45) is 5.92 Å². The number of rotatable bonds is 3. The number of nitrogens with zero attached hydrogens (tertiary/aromatic N) is 1. The van der Waals surface area contributed by atoms with Gasteiger partial charge in [-0.25, -0.2) is 4.39 Å². The molecule has 0 radical (unpaired) electrons. The molecule has 2 aromatic heterocycles. The molecule has 3 heterocycles. The summed E-state index contributed by atoms with van der Waals surface area (Å²) in [6.07, 6.45) is 1.54. The lowest BCUT2D eigenvalue weighted by molar-refractivity contribution is 0.0613. The zero-order valence-corrected chi connectivity index (χ0v) is 15.1. The lowest BCUT2D eigenvalue weighted by Crippen LogP contribution is -2.42. The smallest absolute Gasteiger partial charge is 0.289 e. The number of Topliss-reactive ketones (excluding diaryl/α,β-unsaturated/α-hetero) is 1. The third-order valence-electron chi connectivity index (χ3n) is 4.95. The van der Waals surface area contributed by atoms with Crippen LogP contribution in [0.3, 0.4) is 0 Å². The summed E-state index contributed by atoms with van der Waals surface area (Å²) in [5.74, 6) is -0.706. The fourth-order valence-corrected chi connectivity index (χ4v) is 4.30. The van der Waals surface area contributed by atoms with Gasteiger partial charge in [-0.2, -0.15) is 0 Å². The van der Waals surface area contributed by atoms with E-state index in [-0.39, 0.29) is 29.0 Å². The van der Waals surface area contributed by atoms with Crippen LogP contribution in [0.4, 0.5) is 4.39 Å². The van der Waals surface area contributed by atoms with Gasteiger partial charge in [0.05, 0.1) is 4.88 Å². The Balaban J connectivity index is 1.59. The predicted octanol–water partition coefficient (Wildman–Crippen LogP) is 4.68. The maximum atomic E-state index is 13.9. The standard InChI is InChI=1S/C20H18FNO3S/c1-12-14-6-2-7-15(21)19(14)25-18(12)20(24)22-9-3-5-13(11-22)17(23)16-8-4-10-26-16/h2,4,6-8,10,13H,3,5,9,11H2,1H3. The summed E-state index contributed by atoms with van der Waals surface area (Å²) >= 11 is 1.42. The highest BCUT2D eigenvalue weighted by molar-refractivity contribution is 7.12. The summed E-state index contributed by atoms with van der Waals surface area (Å²) in [5.41, 5.74) is 0.743. The summed E-state index contributed by atoms with van der Waals surface area (Å²) in [7, 11) is 0. The van der Waals surface area contributed by atoms with Gasteiger partial charge in [-0.05, 0) is 37.3 Å². The average Bonchev–Trinajstić information content (AvgIpc) is 3.30. The minimum absolute atomic E-state index is 0.0878. The van der Waals surface area contributed by atoms with E-state index in [1.54, 1.807) is 24.0 Å². The van der Waals surface area contributed by atoms with E-state index in [4.69, 9.17) is 4.42 Å². The molecule has 1 saturated heterocycles. The van der Waals surface area contributed by atoms with Gasteiger partial charge in [-0.1, -0.05) is 18.2 Å². The number of benzene rings is 1. The van der Waals surface area contributed by atoms with Crippen molar-refractivity contribution in [2.75, 3.05) is 13.1 Å². The van der Waals surface area contributed by atoms with Crippen LogP contribution in [-0.2, 0) is 0 Å². The highest BCUT2D eigenvalue weighted by atomic mass is 32.1. The first kappa shape index (κ1) is 17.0. The van der Waals surface area contributed by atoms with E-state index in [1.807, 2.05) is 17.5 Å². The molecule has 1 aliphatic rings. The van der Waals surface area contributed by atoms with Crippen LogP contribution in [0.2, 0.25) is 0 Å². The Morgan fingerprint density at radius 2 is 2.12 bits per heavy atom. The van der Waals surface area contributed by atoms with Crippen molar-refractivity contribution >= 4 is 34.0 Å². The van der Waals surface area contributed by atoms with Crippen LogP contribution < -0.4 is 0 Å². The summed E-state index contributed by atoms with van der Waals surface area (Å²) < 4.78 is 19.5. The Morgan fingerprint density at radius 3 is 2.85 bits per heavy atom. The van der Waals surface area contributed by atoms with Crippen LogP contribution in [-0.4, -0.2) is 29.7 Å². The Labute approximate surface area is 154 Å². The maximum absolute atomic E-state index is 13.9. The fourth-order valence-electron chi connectivity index (χ4n) is 3.55. The molecule has 1 aliphatic heterocycles. The summed E-state index contributed by atoms with van der Waals surface area (Å²) in [5, 5.41) is 2.49. The molecule has 1 amide bonds. The number of carbonyl (C=O) groups excluding carboxylic acids is 2. The number of thiophene rings is 1. The Hall–Kier alpha value is -2.47. The van der Waals surface area contributed by atoms with E-state index in [2.05, 4.69) is 0 Å². The van der Waals surface area contributed by atoms with E-state index >= 15 is 0 Å². The number of halogens is 1. The van der Waals surface area contributed by atoms with Crippen LogP contribution >= 0.6 is 11.3 Å². The number of piperidine rings is 1. The zero-order chi connectivity index (χ0) is 18.3. The van der Waals surface area contributed by atoms with Gasteiger partial charge < -0.3 is 9.32 Å². The van der Waals surface area contributed by atoms with Crippen molar-refractivity contribution in [1.82, 2.24) is 4.90 Å². The van der Waals surface area contributed by atoms with Gasteiger partial charge in [-0.15, -0.1) is 11.3 Å². The monoisotopic (exact) mass is 371 g/mol. The molecule has 1 fully saturated rings. The van der Waals surface area contributed by atoms with E-state index in [0.29, 0.717) is 24.0 Å². The number of hydrogen-bond acceptors (Lipinski definition) is 4. The SMILES string of the molecule is Cc1c(C(=O)N2CCCC(C(=O)c3cccs3)C2)oc2c(F)cccc12. The minimum Gasteiger partial charge on any atom is -0.448 e. The van der Waals surface area contributed by atoms with Crippen LogP contribution in [0.5, 0.6) is 0 Å².